The highest BCUT2D eigenvalue weighted by Gasteiger charge is 2.41. The molecular formula is C22H22ClN3. The van der Waals surface area contributed by atoms with E-state index in [4.69, 9.17) is 11.6 Å². The summed E-state index contributed by atoms with van der Waals surface area (Å²) < 4.78 is 0. The summed E-state index contributed by atoms with van der Waals surface area (Å²) in [5, 5.41) is 4.22. The Kier molecular flexibility index (Phi) is 4.91. The van der Waals surface area contributed by atoms with Gasteiger partial charge in [0.2, 0.25) is 0 Å². The number of benzene rings is 2. The second kappa shape index (κ2) is 7.48. The van der Waals surface area contributed by atoms with Crippen LogP contribution in [-0.2, 0) is 0 Å². The molecule has 132 valence electrons. The molecule has 0 spiro atoms. The van der Waals surface area contributed by atoms with E-state index >= 15 is 0 Å². The largest absolute Gasteiger partial charge is 0.361 e. The van der Waals surface area contributed by atoms with E-state index in [0.29, 0.717) is 12.1 Å². The number of para-hydroxylation sites is 2. The third kappa shape index (κ3) is 3.33. The molecule has 1 fully saturated rings. The van der Waals surface area contributed by atoms with Crippen LogP contribution in [-0.4, -0.2) is 30.2 Å². The Morgan fingerprint density at radius 3 is 2.38 bits per heavy atom. The van der Waals surface area contributed by atoms with E-state index in [1.165, 1.54) is 0 Å². The number of hydrogen-bond donors (Lipinski definition) is 1. The zero-order valence-corrected chi connectivity index (χ0v) is 15.5. The summed E-state index contributed by atoms with van der Waals surface area (Å²) in [4.78, 5) is 7.06. The van der Waals surface area contributed by atoms with Crippen molar-refractivity contribution in [3.63, 3.8) is 0 Å². The first-order valence-electron chi connectivity index (χ1n) is 8.97. The van der Waals surface area contributed by atoms with Gasteiger partial charge in [-0.2, -0.15) is 0 Å². The number of hydrogen-bond acceptors (Lipinski definition) is 3. The summed E-state index contributed by atoms with van der Waals surface area (Å²) in [6.45, 7) is 0. The molecule has 0 radical (unpaired) electrons. The maximum atomic E-state index is 6.83. The van der Waals surface area contributed by atoms with E-state index in [1.54, 1.807) is 0 Å². The van der Waals surface area contributed by atoms with Crippen LogP contribution in [0, 0.1) is 0 Å². The standard InChI is InChI=1S/C22H22ClN3/c1-26-20-12-13-21(26)19(15-25-17-10-6-3-7-11-17)22(23)18(20)14-24-16-8-4-2-5-9-16/h2-11,14-15,20-21,24H,12-13H2,1H3/b18-14+,25-15?. The zero-order chi connectivity index (χ0) is 17.9. The number of aliphatic imine (C=N–C) groups is 1. The first kappa shape index (κ1) is 17.1. The van der Waals surface area contributed by atoms with Crippen molar-refractivity contribution in [1.82, 2.24) is 4.90 Å². The van der Waals surface area contributed by atoms with Crippen molar-refractivity contribution in [1.29, 1.82) is 0 Å². The van der Waals surface area contributed by atoms with Gasteiger partial charge in [-0.1, -0.05) is 48.0 Å². The topological polar surface area (TPSA) is 27.6 Å². The summed E-state index contributed by atoms with van der Waals surface area (Å²) in [6, 6.07) is 20.9. The summed E-state index contributed by atoms with van der Waals surface area (Å²) in [5.41, 5.74) is 4.25. The molecular weight excluding hydrogens is 342 g/mol. The predicted octanol–water partition coefficient (Wildman–Crippen LogP) is 5.35. The molecule has 3 nitrogen and oxygen atoms in total. The molecule has 1 N–H and O–H groups in total. The Labute approximate surface area is 159 Å². The Balaban J connectivity index is 1.66. The van der Waals surface area contributed by atoms with E-state index in [1.807, 2.05) is 54.7 Å². The van der Waals surface area contributed by atoms with Gasteiger partial charge in [-0.05, 0) is 44.2 Å². The van der Waals surface area contributed by atoms with Gasteiger partial charge in [0.15, 0.2) is 0 Å². The van der Waals surface area contributed by atoms with Gasteiger partial charge < -0.3 is 5.32 Å². The van der Waals surface area contributed by atoms with Crippen LogP contribution in [0.2, 0.25) is 0 Å². The molecule has 2 atom stereocenters. The van der Waals surface area contributed by atoms with E-state index in [-0.39, 0.29) is 0 Å². The molecule has 26 heavy (non-hydrogen) atoms. The van der Waals surface area contributed by atoms with Gasteiger partial charge in [0, 0.05) is 41.3 Å². The van der Waals surface area contributed by atoms with Crippen LogP contribution >= 0.6 is 11.6 Å². The number of rotatable bonds is 4. The van der Waals surface area contributed by atoms with Gasteiger partial charge >= 0.3 is 0 Å². The van der Waals surface area contributed by atoms with E-state index < -0.39 is 0 Å². The van der Waals surface area contributed by atoms with Crippen LogP contribution in [0.25, 0.3) is 0 Å². The monoisotopic (exact) mass is 363 g/mol. The van der Waals surface area contributed by atoms with Crippen molar-refractivity contribution < 1.29 is 0 Å². The fraction of sp³-hybridized carbons (Fsp3) is 0.227. The number of anilines is 1. The molecule has 4 rings (SSSR count). The van der Waals surface area contributed by atoms with Gasteiger partial charge in [-0.3, -0.25) is 9.89 Å². The minimum absolute atomic E-state index is 0.342. The molecule has 2 unspecified atom stereocenters. The smallest absolute Gasteiger partial charge is 0.0629 e. The molecule has 0 saturated carbocycles. The highest BCUT2D eigenvalue weighted by Crippen LogP contribution is 2.42. The lowest BCUT2D eigenvalue weighted by molar-refractivity contribution is 0.287. The highest BCUT2D eigenvalue weighted by atomic mass is 35.5. The van der Waals surface area contributed by atoms with Crippen LogP contribution in [0.15, 0.2) is 88.0 Å². The van der Waals surface area contributed by atoms with Gasteiger partial charge in [0.05, 0.1) is 10.7 Å². The zero-order valence-electron chi connectivity index (χ0n) is 14.8. The third-order valence-electron chi connectivity index (χ3n) is 5.20. The lowest BCUT2D eigenvalue weighted by atomic mass is 9.98. The quantitative estimate of drug-likeness (QED) is 0.741. The Hall–Kier alpha value is -2.36. The average Bonchev–Trinajstić information content (AvgIpc) is 2.98. The van der Waals surface area contributed by atoms with Crippen LogP contribution in [0.4, 0.5) is 11.4 Å². The summed E-state index contributed by atoms with van der Waals surface area (Å²) in [7, 11) is 2.18. The first-order valence-corrected chi connectivity index (χ1v) is 9.34. The number of nitrogens with one attached hydrogen (secondary N) is 1. The number of halogens is 1. The normalized spacial score (nSPS) is 24.6. The first-order chi connectivity index (χ1) is 12.7. The molecule has 2 aliphatic heterocycles. The van der Waals surface area contributed by atoms with Gasteiger partial charge in [-0.25, -0.2) is 0 Å². The molecule has 2 bridgehead atoms. The number of likely N-dealkylation sites (N-methyl/N-ethyl adjacent to an activating group) is 1. The minimum atomic E-state index is 0.342. The maximum Gasteiger partial charge on any atom is 0.0629 e. The van der Waals surface area contributed by atoms with Crippen LogP contribution in [0.1, 0.15) is 12.8 Å². The molecule has 2 heterocycles. The van der Waals surface area contributed by atoms with Crippen LogP contribution < -0.4 is 5.32 Å². The Morgan fingerprint density at radius 2 is 1.65 bits per heavy atom. The van der Waals surface area contributed by atoms with Crippen molar-refractivity contribution in [2.75, 3.05) is 12.4 Å². The van der Waals surface area contributed by atoms with Crippen molar-refractivity contribution in [3.8, 4) is 0 Å². The Bertz CT molecular complexity index is 855. The Morgan fingerprint density at radius 1 is 1.00 bits per heavy atom. The van der Waals surface area contributed by atoms with E-state index in [0.717, 1.165) is 40.4 Å². The minimum Gasteiger partial charge on any atom is -0.361 e. The lowest BCUT2D eigenvalue weighted by Gasteiger charge is -2.34. The summed E-state index contributed by atoms with van der Waals surface area (Å²) in [5.74, 6) is 0. The van der Waals surface area contributed by atoms with Gasteiger partial charge in [0.1, 0.15) is 0 Å². The molecule has 2 aliphatic rings. The van der Waals surface area contributed by atoms with Gasteiger partial charge in [0.25, 0.3) is 0 Å². The maximum absolute atomic E-state index is 6.83. The molecule has 0 aliphatic carbocycles. The average molecular weight is 364 g/mol. The predicted molar refractivity (Wildman–Crippen MR) is 110 cm³/mol. The van der Waals surface area contributed by atoms with Gasteiger partial charge in [-0.15, -0.1) is 0 Å². The fourth-order valence-corrected chi connectivity index (χ4v) is 4.16. The second-order valence-corrected chi connectivity index (χ2v) is 7.13. The SMILES string of the molecule is CN1C2CCC1/C(=C\Nc1ccccc1)C(Cl)=C2C=Nc1ccccc1. The summed E-state index contributed by atoms with van der Waals surface area (Å²) in [6.07, 6.45) is 6.21. The van der Waals surface area contributed by atoms with Crippen LogP contribution in [0.3, 0.4) is 0 Å². The second-order valence-electron chi connectivity index (χ2n) is 6.75. The molecule has 1 saturated heterocycles. The number of fused-ring (bicyclic) bond motifs is 2. The van der Waals surface area contributed by atoms with Crippen molar-refractivity contribution in [2.45, 2.75) is 24.9 Å². The molecule has 2 aromatic carbocycles. The molecule has 4 heteroatoms. The third-order valence-corrected chi connectivity index (χ3v) is 5.64. The number of nitrogens with zero attached hydrogens (tertiary/aromatic N) is 2. The fourth-order valence-electron chi connectivity index (χ4n) is 3.81. The van der Waals surface area contributed by atoms with E-state index in [9.17, 15) is 0 Å². The molecule has 2 aromatic rings. The van der Waals surface area contributed by atoms with Crippen molar-refractivity contribution in [2.24, 2.45) is 4.99 Å². The molecule has 0 aromatic heterocycles. The lowest BCUT2D eigenvalue weighted by Crippen LogP contribution is -2.39. The van der Waals surface area contributed by atoms with Crippen molar-refractivity contribution >= 4 is 29.2 Å². The highest BCUT2D eigenvalue weighted by molar-refractivity contribution is 6.34. The van der Waals surface area contributed by atoms with E-state index in [2.05, 4.69) is 40.6 Å². The van der Waals surface area contributed by atoms with Crippen LogP contribution in [0.5, 0.6) is 0 Å². The summed E-state index contributed by atoms with van der Waals surface area (Å²) >= 11 is 6.83. The molecule has 0 amide bonds. The van der Waals surface area contributed by atoms with Crippen molar-refractivity contribution in [3.05, 3.63) is 83.0 Å².